The van der Waals surface area contributed by atoms with Crippen LogP contribution in [0.3, 0.4) is 0 Å². The van der Waals surface area contributed by atoms with Crippen LogP contribution in [0, 0.1) is 5.92 Å². The van der Waals surface area contributed by atoms with Gasteiger partial charge in [0.1, 0.15) is 12.4 Å². The van der Waals surface area contributed by atoms with Gasteiger partial charge in [0.15, 0.2) is 5.90 Å². The summed E-state index contributed by atoms with van der Waals surface area (Å²) >= 11 is 0. The van der Waals surface area contributed by atoms with Crippen LogP contribution in [0.2, 0.25) is 0 Å². The smallest absolute Gasteiger partial charge is 0.478 e. The molecule has 0 bridgehead atoms. The van der Waals surface area contributed by atoms with Gasteiger partial charge in [-0.1, -0.05) is 32.0 Å². The third-order valence-corrected chi connectivity index (χ3v) is 3.04. The van der Waals surface area contributed by atoms with E-state index in [0.717, 1.165) is 0 Å². The highest BCUT2D eigenvalue weighted by molar-refractivity contribution is 5.80. The summed E-state index contributed by atoms with van der Waals surface area (Å²) < 4.78 is 46.4. The summed E-state index contributed by atoms with van der Waals surface area (Å²) in [5.74, 6) is 0.593. The number of rotatable bonds is 4. The molecule has 6 heteroatoms. The largest absolute Gasteiger partial charge is 0.573 e. The number of halogens is 3. The van der Waals surface area contributed by atoms with E-state index in [4.69, 9.17) is 4.74 Å². The molecule has 0 amide bonds. The molecule has 0 N–H and O–H groups in total. The fraction of sp³-hybridized carbons (Fsp3) is 0.500. The van der Waals surface area contributed by atoms with Crippen LogP contribution in [-0.4, -0.2) is 24.9 Å². The molecule has 1 aromatic carbocycles. The first-order valence-corrected chi connectivity index (χ1v) is 6.38. The third kappa shape index (κ3) is 3.88. The zero-order chi connectivity index (χ0) is 14.8. The molecule has 110 valence electrons. The summed E-state index contributed by atoms with van der Waals surface area (Å²) in [5.41, 5.74) is 0.410. The van der Waals surface area contributed by atoms with Gasteiger partial charge >= 0.3 is 6.36 Å². The molecule has 3 nitrogen and oxygen atoms in total. The fourth-order valence-corrected chi connectivity index (χ4v) is 1.92. The van der Waals surface area contributed by atoms with E-state index in [1.807, 2.05) is 13.8 Å². The van der Waals surface area contributed by atoms with Crippen LogP contribution in [0.25, 0.3) is 0 Å². The maximum absolute atomic E-state index is 12.3. The van der Waals surface area contributed by atoms with Crippen molar-refractivity contribution in [2.75, 3.05) is 6.61 Å². The van der Waals surface area contributed by atoms with Gasteiger partial charge in [-0.15, -0.1) is 13.2 Å². The normalized spacial score (nSPS) is 18.9. The average Bonchev–Trinajstić information content (AvgIpc) is 2.78. The average molecular weight is 287 g/mol. The summed E-state index contributed by atoms with van der Waals surface area (Å²) in [4.78, 5) is 4.38. The Kier molecular flexibility index (Phi) is 4.20. The Morgan fingerprint density at radius 1 is 1.35 bits per heavy atom. The minimum Gasteiger partial charge on any atom is -0.478 e. The number of hydrogen-bond acceptors (Lipinski definition) is 3. The highest BCUT2D eigenvalue weighted by Crippen LogP contribution is 2.27. The maximum atomic E-state index is 12.3. The van der Waals surface area contributed by atoms with Crippen LogP contribution < -0.4 is 4.74 Å². The number of hydrogen-bond donors (Lipinski definition) is 0. The summed E-state index contributed by atoms with van der Waals surface area (Å²) in [6.45, 7) is 4.54. The lowest BCUT2D eigenvalue weighted by atomic mass is 10.1. The Morgan fingerprint density at radius 2 is 2.05 bits per heavy atom. The first-order valence-electron chi connectivity index (χ1n) is 6.38. The lowest BCUT2D eigenvalue weighted by Crippen LogP contribution is -2.18. The van der Waals surface area contributed by atoms with Crippen molar-refractivity contribution >= 4 is 5.90 Å². The van der Waals surface area contributed by atoms with Gasteiger partial charge in [0.2, 0.25) is 0 Å². The quantitative estimate of drug-likeness (QED) is 0.847. The monoisotopic (exact) mass is 287 g/mol. The molecule has 0 saturated carbocycles. The van der Waals surface area contributed by atoms with Crippen LogP contribution in [0.5, 0.6) is 5.75 Å². The van der Waals surface area contributed by atoms with Crippen molar-refractivity contribution in [2.45, 2.75) is 32.7 Å². The molecule has 1 unspecified atom stereocenters. The van der Waals surface area contributed by atoms with Crippen molar-refractivity contribution in [1.29, 1.82) is 0 Å². The van der Waals surface area contributed by atoms with Gasteiger partial charge in [0.25, 0.3) is 0 Å². The van der Waals surface area contributed by atoms with Crippen LogP contribution in [0.1, 0.15) is 19.4 Å². The van der Waals surface area contributed by atoms with Gasteiger partial charge in [-0.3, -0.25) is 0 Å². The summed E-state index contributed by atoms with van der Waals surface area (Å²) in [7, 11) is 0. The van der Waals surface area contributed by atoms with Crippen molar-refractivity contribution in [3.8, 4) is 5.75 Å². The Bertz CT molecular complexity index is 497. The second-order valence-corrected chi connectivity index (χ2v) is 4.98. The topological polar surface area (TPSA) is 30.8 Å². The van der Waals surface area contributed by atoms with Crippen molar-refractivity contribution in [2.24, 2.45) is 10.9 Å². The minimum absolute atomic E-state index is 0.0701. The van der Waals surface area contributed by atoms with Crippen LogP contribution in [0.15, 0.2) is 29.3 Å². The Morgan fingerprint density at radius 3 is 2.65 bits per heavy atom. The lowest BCUT2D eigenvalue weighted by Gasteiger charge is -2.12. The van der Waals surface area contributed by atoms with Crippen LogP contribution in [0.4, 0.5) is 13.2 Å². The van der Waals surface area contributed by atoms with E-state index in [1.165, 1.54) is 12.1 Å². The van der Waals surface area contributed by atoms with Gasteiger partial charge in [-0.05, 0) is 12.0 Å². The Balaban J connectivity index is 2.12. The summed E-state index contributed by atoms with van der Waals surface area (Å²) in [6.07, 6.45) is -4.50. The van der Waals surface area contributed by atoms with E-state index in [-0.39, 0.29) is 18.2 Å². The van der Waals surface area contributed by atoms with Gasteiger partial charge in [0, 0.05) is 5.56 Å². The van der Waals surface area contributed by atoms with Crippen LogP contribution in [-0.2, 0) is 11.2 Å². The predicted octanol–water partition coefficient (Wildman–Crippen LogP) is 3.58. The predicted molar refractivity (Wildman–Crippen MR) is 68.8 cm³/mol. The molecule has 1 aromatic rings. The second-order valence-electron chi connectivity index (χ2n) is 4.98. The third-order valence-electron chi connectivity index (χ3n) is 3.04. The molecule has 0 aromatic heterocycles. The molecule has 1 atom stereocenters. The molecular weight excluding hydrogens is 271 g/mol. The highest BCUT2D eigenvalue weighted by atomic mass is 19.4. The standard InChI is InChI=1S/C14H16F3NO2/c1-9(2)11-8-19-13(18-11)7-10-5-3-4-6-12(10)20-14(15,16)17/h3-6,9,11H,7-8H2,1-2H3. The number of ether oxygens (including phenoxy) is 2. The molecule has 1 aliphatic rings. The molecule has 0 aliphatic carbocycles. The lowest BCUT2D eigenvalue weighted by molar-refractivity contribution is -0.274. The first-order chi connectivity index (χ1) is 9.35. The van der Waals surface area contributed by atoms with E-state index in [0.29, 0.717) is 24.0 Å². The van der Waals surface area contributed by atoms with E-state index in [2.05, 4.69) is 9.73 Å². The SMILES string of the molecule is CC(C)C1COC(Cc2ccccc2OC(F)(F)F)=N1. The second kappa shape index (κ2) is 5.73. The van der Waals surface area contributed by atoms with Crippen molar-refractivity contribution in [1.82, 2.24) is 0 Å². The van der Waals surface area contributed by atoms with Gasteiger partial charge in [-0.25, -0.2) is 4.99 Å². The van der Waals surface area contributed by atoms with Crippen molar-refractivity contribution < 1.29 is 22.6 Å². The first kappa shape index (κ1) is 14.7. The number of benzene rings is 1. The zero-order valence-corrected chi connectivity index (χ0v) is 11.3. The molecule has 1 aliphatic heterocycles. The summed E-state index contributed by atoms with van der Waals surface area (Å²) in [5, 5.41) is 0. The highest BCUT2D eigenvalue weighted by Gasteiger charge is 2.32. The van der Waals surface area contributed by atoms with Crippen LogP contribution >= 0.6 is 0 Å². The van der Waals surface area contributed by atoms with E-state index >= 15 is 0 Å². The van der Waals surface area contributed by atoms with E-state index in [9.17, 15) is 13.2 Å². The Hall–Kier alpha value is -1.72. The molecule has 1 heterocycles. The minimum atomic E-state index is -4.70. The molecule has 0 saturated heterocycles. The van der Waals surface area contributed by atoms with E-state index in [1.54, 1.807) is 12.1 Å². The molecule has 0 radical (unpaired) electrons. The van der Waals surface area contributed by atoms with Gasteiger partial charge in [0.05, 0.1) is 12.5 Å². The van der Waals surface area contributed by atoms with Crippen molar-refractivity contribution in [3.63, 3.8) is 0 Å². The zero-order valence-electron chi connectivity index (χ0n) is 11.3. The van der Waals surface area contributed by atoms with Gasteiger partial charge in [-0.2, -0.15) is 0 Å². The molecule has 2 rings (SSSR count). The van der Waals surface area contributed by atoms with Crippen molar-refractivity contribution in [3.05, 3.63) is 29.8 Å². The molecule has 20 heavy (non-hydrogen) atoms. The molecule has 0 fully saturated rings. The molecule has 0 spiro atoms. The fourth-order valence-electron chi connectivity index (χ4n) is 1.92. The van der Waals surface area contributed by atoms with Gasteiger partial charge < -0.3 is 9.47 Å². The number of alkyl halides is 3. The Labute approximate surface area is 115 Å². The van der Waals surface area contributed by atoms with E-state index < -0.39 is 6.36 Å². The number of para-hydroxylation sites is 1. The number of aliphatic imine (C=N–C) groups is 1. The number of nitrogens with zero attached hydrogens (tertiary/aromatic N) is 1. The maximum Gasteiger partial charge on any atom is 0.573 e. The molecular formula is C14H16F3NO2. The summed E-state index contributed by atoms with van der Waals surface area (Å²) in [6, 6.07) is 6.10.